The number of nitrogens with one attached hydrogen (secondary N) is 2. The largest absolute Gasteiger partial charge is 0.595 e. The minimum absolute atomic E-state index is 0.0970. The van der Waals surface area contributed by atoms with E-state index in [4.69, 9.17) is 51.1 Å². The third-order valence-corrected chi connectivity index (χ3v) is 4.21. The maximum Gasteiger partial charge on any atom is 0.208 e. The summed E-state index contributed by atoms with van der Waals surface area (Å²) in [6, 6.07) is 2.84. The summed E-state index contributed by atoms with van der Waals surface area (Å²) in [5.74, 6) is 0.164. The third-order valence-electron chi connectivity index (χ3n) is 2.95. The third kappa shape index (κ3) is 3.15. The van der Waals surface area contributed by atoms with E-state index in [0.29, 0.717) is 0 Å². The van der Waals surface area contributed by atoms with E-state index in [1.807, 2.05) is 0 Å². The van der Waals surface area contributed by atoms with Gasteiger partial charge in [-0.2, -0.15) is 5.23 Å². The van der Waals surface area contributed by atoms with Crippen molar-refractivity contribution in [2.75, 3.05) is 7.11 Å². The van der Waals surface area contributed by atoms with Crippen LogP contribution in [-0.2, 0) is 0 Å². The second-order valence-corrected chi connectivity index (χ2v) is 5.86. The van der Waals surface area contributed by atoms with Crippen LogP contribution in [0.3, 0.4) is 0 Å². The van der Waals surface area contributed by atoms with Crippen LogP contribution < -0.4 is 9.96 Å². The number of methoxy groups -OCH3 is 1. The Balaban J connectivity index is 2.63. The standard InChI is InChI=1S/C12H10Cl4N2O4/c1-22-11-5(2-4(13)3-6(11)14)10(19)8-9(18(20)21)7(15)12(16)17-8/h2-3,10,17-20H,1H3. The minimum Gasteiger partial charge on any atom is -0.595 e. The van der Waals surface area contributed by atoms with Gasteiger partial charge in [-0.1, -0.05) is 46.4 Å². The Hall–Kier alpha value is -0.700. The number of aliphatic hydroxyl groups is 1. The van der Waals surface area contributed by atoms with Gasteiger partial charge in [0.2, 0.25) is 5.69 Å². The Bertz CT molecular complexity index is 705. The van der Waals surface area contributed by atoms with Gasteiger partial charge in [-0.15, -0.1) is 0 Å². The van der Waals surface area contributed by atoms with Gasteiger partial charge in [0, 0.05) is 10.6 Å². The molecule has 120 valence electrons. The Morgan fingerprint density at radius 2 is 1.91 bits per heavy atom. The molecule has 10 heteroatoms. The summed E-state index contributed by atoms with van der Waals surface area (Å²) >= 11 is 23.6. The normalized spacial score (nSPS) is 14.0. The highest BCUT2D eigenvalue weighted by Gasteiger charge is 2.29. The van der Waals surface area contributed by atoms with Crippen molar-refractivity contribution in [2.24, 2.45) is 0 Å². The van der Waals surface area contributed by atoms with Crippen LogP contribution in [0.15, 0.2) is 12.1 Å². The average Bonchev–Trinajstić information content (AvgIpc) is 2.73. The monoisotopic (exact) mass is 386 g/mol. The smallest absolute Gasteiger partial charge is 0.208 e. The van der Waals surface area contributed by atoms with Gasteiger partial charge in [0.15, 0.2) is 0 Å². The first-order valence-electron chi connectivity index (χ1n) is 5.79. The average molecular weight is 388 g/mol. The molecule has 0 saturated carbocycles. The number of rotatable bonds is 4. The Labute approximate surface area is 145 Å². The molecular weight excluding hydrogens is 378 g/mol. The zero-order valence-electron chi connectivity index (χ0n) is 11.0. The van der Waals surface area contributed by atoms with Crippen LogP contribution in [-0.4, -0.2) is 22.4 Å². The first-order valence-corrected chi connectivity index (χ1v) is 7.30. The van der Waals surface area contributed by atoms with E-state index < -0.39 is 11.3 Å². The molecule has 0 aliphatic rings. The van der Waals surface area contributed by atoms with Crippen molar-refractivity contribution in [3.8, 4) is 5.75 Å². The summed E-state index contributed by atoms with van der Waals surface area (Å²) in [5, 5.41) is 29.9. The number of aromatic amines is 1. The lowest BCUT2D eigenvalue weighted by Crippen LogP contribution is -2.99. The molecule has 2 atom stereocenters. The van der Waals surface area contributed by atoms with Crippen LogP contribution in [0.1, 0.15) is 17.4 Å². The molecule has 4 N–H and O–H groups in total. The summed E-state index contributed by atoms with van der Waals surface area (Å²) in [4.78, 5) is 2.54. The zero-order valence-corrected chi connectivity index (χ0v) is 14.0. The van der Waals surface area contributed by atoms with Crippen molar-refractivity contribution >= 4 is 52.1 Å². The summed E-state index contributed by atoms with van der Waals surface area (Å²) in [5.41, 5.74) is -0.256. The predicted molar refractivity (Wildman–Crippen MR) is 83.7 cm³/mol. The fourth-order valence-corrected chi connectivity index (χ4v) is 3.04. The highest BCUT2D eigenvalue weighted by atomic mass is 35.5. The lowest BCUT2D eigenvalue weighted by atomic mass is 10.0. The van der Waals surface area contributed by atoms with Crippen molar-refractivity contribution in [3.05, 3.63) is 48.8 Å². The van der Waals surface area contributed by atoms with Crippen LogP contribution in [0.2, 0.25) is 20.2 Å². The molecule has 6 nitrogen and oxygen atoms in total. The first-order chi connectivity index (χ1) is 10.3. The molecule has 0 saturated heterocycles. The predicted octanol–water partition coefficient (Wildman–Crippen LogP) is 3.12. The molecule has 1 heterocycles. The maximum absolute atomic E-state index is 11.3. The number of hydrogen-bond donors (Lipinski definition) is 4. The van der Waals surface area contributed by atoms with Gasteiger partial charge in [0.25, 0.3) is 0 Å². The fourth-order valence-electron chi connectivity index (χ4n) is 2.03. The number of H-pyrrole nitrogens is 1. The Morgan fingerprint density at radius 3 is 2.45 bits per heavy atom. The van der Waals surface area contributed by atoms with E-state index in [1.54, 1.807) is 0 Å². The lowest BCUT2D eigenvalue weighted by Gasteiger charge is -2.18. The van der Waals surface area contributed by atoms with Crippen molar-refractivity contribution < 1.29 is 20.3 Å². The molecular formula is C12H10Cl4N2O4. The molecule has 0 bridgehead atoms. The SMILES string of the molecule is COc1c(Cl)cc(Cl)cc1C(O)c1[nH]c(Cl)c(Cl)c1[NH+]([O-])O. The number of benzene rings is 1. The molecule has 0 spiro atoms. The Kier molecular flexibility index (Phi) is 5.47. The fraction of sp³-hybridized carbons (Fsp3) is 0.167. The summed E-state index contributed by atoms with van der Waals surface area (Å²) in [7, 11) is 1.36. The van der Waals surface area contributed by atoms with E-state index in [9.17, 15) is 15.5 Å². The summed E-state index contributed by atoms with van der Waals surface area (Å²) < 4.78 is 5.13. The summed E-state index contributed by atoms with van der Waals surface area (Å²) in [6.45, 7) is 0. The molecule has 0 aliphatic carbocycles. The van der Waals surface area contributed by atoms with Crippen LogP contribution in [0.25, 0.3) is 0 Å². The van der Waals surface area contributed by atoms with E-state index in [2.05, 4.69) is 4.98 Å². The van der Waals surface area contributed by atoms with E-state index in [0.717, 1.165) is 0 Å². The van der Waals surface area contributed by atoms with Crippen LogP contribution in [0.5, 0.6) is 5.75 Å². The van der Waals surface area contributed by atoms with Gasteiger partial charge in [-0.3, -0.25) is 0 Å². The number of aromatic nitrogens is 1. The van der Waals surface area contributed by atoms with Crippen LogP contribution in [0.4, 0.5) is 5.69 Å². The second-order valence-electron chi connectivity index (χ2n) is 4.26. The highest BCUT2D eigenvalue weighted by molar-refractivity contribution is 6.43. The van der Waals surface area contributed by atoms with Crippen molar-refractivity contribution in [1.82, 2.24) is 4.98 Å². The van der Waals surface area contributed by atoms with Gasteiger partial charge >= 0.3 is 0 Å². The molecule has 0 radical (unpaired) electrons. The summed E-state index contributed by atoms with van der Waals surface area (Å²) in [6.07, 6.45) is -1.43. The lowest BCUT2D eigenvalue weighted by molar-refractivity contribution is -0.991. The number of ether oxygens (including phenoxy) is 1. The first kappa shape index (κ1) is 17.7. The number of hydrogen-bond acceptors (Lipinski definition) is 4. The second kappa shape index (κ2) is 6.82. The van der Waals surface area contributed by atoms with Crippen LogP contribution >= 0.6 is 46.4 Å². The quantitative estimate of drug-likeness (QED) is 0.606. The minimum atomic E-state index is -1.43. The van der Waals surface area contributed by atoms with Gasteiger partial charge in [0.05, 0.1) is 12.1 Å². The number of aliphatic hydroxyl groups excluding tert-OH is 1. The van der Waals surface area contributed by atoms with Crippen molar-refractivity contribution in [2.45, 2.75) is 6.10 Å². The Morgan fingerprint density at radius 1 is 1.27 bits per heavy atom. The molecule has 0 fully saturated rings. The zero-order chi connectivity index (χ0) is 16.6. The molecule has 1 aromatic carbocycles. The van der Waals surface area contributed by atoms with E-state index in [1.165, 1.54) is 19.2 Å². The van der Waals surface area contributed by atoms with Gasteiger partial charge < -0.3 is 20.0 Å². The topological polar surface area (TPSA) is 93.0 Å². The van der Waals surface area contributed by atoms with Crippen molar-refractivity contribution in [3.63, 3.8) is 0 Å². The molecule has 1 aromatic heterocycles. The van der Waals surface area contributed by atoms with Gasteiger partial charge in [0.1, 0.15) is 27.7 Å². The maximum atomic E-state index is 11.3. The molecule has 2 unspecified atom stereocenters. The molecule has 22 heavy (non-hydrogen) atoms. The van der Waals surface area contributed by atoms with Crippen LogP contribution in [0, 0.1) is 5.21 Å². The van der Waals surface area contributed by atoms with Crippen molar-refractivity contribution in [1.29, 1.82) is 0 Å². The van der Waals surface area contributed by atoms with E-state index in [-0.39, 0.29) is 42.9 Å². The molecule has 0 amide bonds. The molecule has 2 rings (SSSR count). The van der Waals surface area contributed by atoms with E-state index >= 15 is 0 Å². The number of quaternary nitrogens is 1. The highest BCUT2D eigenvalue weighted by Crippen LogP contribution is 2.41. The van der Waals surface area contributed by atoms with Gasteiger partial charge in [-0.05, 0) is 12.1 Å². The van der Waals surface area contributed by atoms with Gasteiger partial charge in [-0.25, -0.2) is 5.21 Å². The molecule has 2 aromatic rings. The number of halogens is 4. The molecule has 0 aliphatic heterocycles.